The number of benzene rings is 3. The third-order valence-corrected chi connectivity index (χ3v) is 5.68. The second-order valence-corrected chi connectivity index (χ2v) is 9.21. The second kappa shape index (κ2) is 9.44. The quantitative estimate of drug-likeness (QED) is 0.402. The number of rotatable bonds is 6. The van der Waals surface area contributed by atoms with Crippen molar-refractivity contribution in [2.45, 2.75) is 39.2 Å². The van der Waals surface area contributed by atoms with E-state index in [1.807, 2.05) is 72.8 Å². The molecule has 0 fully saturated rings. The minimum atomic E-state index is -0.129. The zero-order valence-electron chi connectivity index (χ0n) is 17.0. The lowest BCUT2D eigenvalue weighted by atomic mass is 9.85. The first-order valence-corrected chi connectivity index (χ1v) is 10.8. The van der Waals surface area contributed by atoms with Crippen molar-refractivity contribution >= 4 is 34.2 Å². The zero-order valence-corrected chi connectivity index (χ0v) is 19.2. The average molecular weight is 499 g/mol. The molecule has 0 saturated heterocycles. The predicted octanol–water partition coefficient (Wildman–Crippen LogP) is 6.35. The molecular weight excluding hydrogens is 473 g/mol. The Kier molecular flexibility index (Phi) is 6.96. The van der Waals surface area contributed by atoms with E-state index in [9.17, 15) is 4.79 Å². The number of hydrogen-bond donors (Lipinski definition) is 1. The number of carbonyl (C=O) groups excluding carboxylic acids is 1. The second-order valence-electron chi connectivity index (χ2n) is 8.05. The van der Waals surface area contributed by atoms with Gasteiger partial charge in [-0.3, -0.25) is 4.79 Å². The third kappa shape index (κ3) is 6.07. The number of nitrogens with one attached hydrogen (secondary N) is 1. The summed E-state index contributed by atoms with van der Waals surface area (Å²) in [7, 11) is 0. The molecule has 1 amide bonds. The predicted molar refractivity (Wildman–Crippen MR) is 127 cm³/mol. The summed E-state index contributed by atoms with van der Waals surface area (Å²) in [5.41, 5.74) is 3.92. The maximum Gasteiger partial charge on any atom is 0.228 e. The van der Waals surface area contributed by atoms with Gasteiger partial charge in [0, 0.05) is 9.26 Å². The van der Waals surface area contributed by atoms with Crippen molar-refractivity contribution in [3.05, 3.63) is 93.1 Å². The molecule has 3 aromatic rings. The van der Waals surface area contributed by atoms with Gasteiger partial charge in [-0.15, -0.1) is 0 Å². The van der Waals surface area contributed by atoms with Crippen molar-refractivity contribution in [2.24, 2.45) is 0 Å². The monoisotopic (exact) mass is 499 g/mol. The lowest BCUT2D eigenvalue weighted by Crippen LogP contribution is -2.20. The molecule has 0 heterocycles. The Morgan fingerprint density at radius 1 is 0.966 bits per heavy atom. The summed E-state index contributed by atoms with van der Waals surface area (Å²) in [6.45, 7) is 6.93. The highest BCUT2D eigenvalue weighted by atomic mass is 127. The Balaban J connectivity index is 1.75. The van der Waals surface area contributed by atoms with Crippen LogP contribution in [0.2, 0.25) is 0 Å². The molecule has 0 unspecified atom stereocenters. The van der Waals surface area contributed by atoms with E-state index in [1.165, 1.54) is 0 Å². The van der Waals surface area contributed by atoms with Gasteiger partial charge in [-0.1, -0.05) is 69.3 Å². The van der Waals surface area contributed by atoms with Crippen LogP contribution in [0.15, 0.2) is 72.8 Å². The molecule has 3 nitrogen and oxygen atoms in total. The Morgan fingerprint density at radius 3 is 2.34 bits per heavy atom. The highest BCUT2D eigenvalue weighted by Gasteiger charge is 2.20. The topological polar surface area (TPSA) is 38.3 Å². The van der Waals surface area contributed by atoms with Crippen LogP contribution in [0.4, 0.5) is 5.69 Å². The molecule has 0 spiro atoms. The van der Waals surface area contributed by atoms with Gasteiger partial charge in [0.25, 0.3) is 0 Å². The fraction of sp³-hybridized carbons (Fsp3) is 0.240. The molecule has 0 aliphatic heterocycles. The smallest absolute Gasteiger partial charge is 0.228 e. The SMILES string of the molecule is CC(C)(C)c1cc(OCc2ccccc2)ccc1NC(=O)Cc1ccccc1I. The number of ether oxygens (including phenoxy) is 1. The van der Waals surface area contributed by atoms with Crippen LogP contribution in [0, 0.1) is 3.57 Å². The highest BCUT2D eigenvalue weighted by molar-refractivity contribution is 14.1. The van der Waals surface area contributed by atoms with Gasteiger partial charge in [0.15, 0.2) is 0 Å². The lowest BCUT2D eigenvalue weighted by Gasteiger charge is -2.24. The van der Waals surface area contributed by atoms with Crippen LogP contribution in [0.1, 0.15) is 37.5 Å². The number of halogens is 1. The van der Waals surface area contributed by atoms with Crippen LogP contribution in [-0.4, -0.2) is 5.91 Å². The van der Waals surface area contributed by atoms with Crippen LogP contribution >= 0.6 is 22.6 Å². The molecular formula is C25H26INO2. The molecule has 0 bridgehead atoms. The summed E-state index contributed by atoms with van der Waals surface area (Å²) in [4.78, 5) is 12.7. The minimum Gasteiger partial charge on any atom is -0.489 e. The molecule has 0 radical (unpaired) electrons. The Hall–Kier alpha value is -2.34. The summed E-state index contributed by atoms with van der Waals surface area (Å²) in [6.07, 6.45) is 0.356. The van der Waals surface area contributed by atoms with Gasteiger partial charge in [0.2, 0.25) is 5.91 Å². The van der Waals surface area contributed by atoms with Crippen LogP contribution < -0.4 is 10.1 Å². The van der Waals surface area contributed by atoms with Gasteiger partial charge in [0.1, 0.15) is 12.4 Å². The summed E-state index contributed by atoms with van der Waals surface area (Å²) in [5.74, 6) is 0.784. The van der Waals surface area contributed by atoms with Crippen LogP contribution in [0.3, 0.4) is 0 Å². The van der Waals surface area contributed by atoms with Gasteiger partial charge >= 0.3 is 0 Å². The zero-order chi connectivity index (χ0) is 20.9. The fourth-order valence-electron chi connectivity index (χ4n) is 3.09. The van der Waals surface area contributed by atoms with E-state index in [4.69, 9.17) is 4.74 Å². The molecule has 150 valence electrons. The van der Waals surface area contributed by atoms with Gasteiger partial charge in [0.05, 0.1) is 6.42 Å². The fourth-order valence-corrected chi connectivity index (χ4v) is 3.67. The van der Waals surface area contributed by atoms with Gasteiger partial charge in [-0.05, 0) is 69.0 Å². The molecule has 0 aromatic heterocycles. The molecule has 3 rings (SSSR count). The molecule has 0 atom stereocenters. The molecule has 4 heteroatoms. The van der Waals surface area contributed by atoms with Crippen molar-refractivity contribution in [3.8, 4) is 5.75 Å². The summed E-state index contributed by atoms with van der Waals surface area (Å²) in [6, 6.07) is 23.9. The Morgan fingerprint density at radius 2 is 1.66 bits per heavy atom. The summed E-state index contributed by atoms with van der Waals surface area (Å²) in [5, 5.41) is 3.10. The number of hydrogen-bond acceptors (Lipinski definition) is 2. The van der Waals surface area contributed by atoms with E-state index in [2.05, 4.69) is 48.7 Å². The van der Waals surface area contributed by atoms with Crippen LogP contribution in [0.25, 0.3) is 0 Å². The first-order valence-electron chi connectivity index (χ1n) is 9.67. The molecule has 3 aromatic carbocycles. The van der Waals surface area contributed by atoms with E-state index in [1.54, 1.807) is 0 Å². The minimum absolute atomic E-state index is 0.0161. The number of carbonyl (C=O) groups is 1. The van der Waals surface area contributed by atoms with Crippen molar-refractivity contribution in [3.63, 3.8) is 0 Å². The molecule has 29 heavy (non-hydrogen) atoms. The van der Waals surface area contributed by atoms with E-state index >= 15 is 0 Å². The van der Waals surface area contributed by atoms with Crippen molar-refractivity contribution in [1.29, 1.82) is 0 Å². The normalized spacial score (nSPS) is 11.2. The Bertz CT molecular complexity index is 978. The van der Waals surface area contributed by atoms with Crippen LogP contribution in [-0.2, 0) is 23.2 Å². The standard InChI is InChI=1S/C25H26INO2/c1-25(2,3)21-16-20(29-17-18-9-5-4-6-10-18)13-14-23(21)27-24(28)15-19-11-7-8-12-22(19)26/h4-14,16H,15,17H2,1-3H3,(H,27,28). The maximum atomic E-state index is 12.7. The first kappa shape index (κ1) is 21.4. The van der Waals surface area contributed by atoms with E-state index in [0.717, 1.165) is 31.7 Å². The Labute approximate surface area is 186 Å². The number of amides is 1. The van der Waals surface area contributed by atoms with E-state index in [-0.39, 0.29) is 11.3 Å². The largest absolute Gasteiger partial charge is 0.489 e. The van der Waals surface area contributed by atoms with Gasteiger partial charge in [-0.25, -0.2) is 0 Å². The van der Waals surface area contributed by atoms with E-state index < -0.39 is 0 Å². The molecule has 0 aliphatic rings. The van der Waals surface area contributed by atoms with Gasteiger partial charge < -0.3 is 10.1 Å². The molecule has 0 saturated carbocycles. The molecule has 1 N–H and O–H groups in total. The van der Waals surface area contributed by atoms with Crippen molar-refractivity contribution in [2.75, 3.05) is 5.32 Å². The highest BCUT2D eigenvalue weighted by Crippen LogP contribution is 2.33. The van der Waals surface area contributed by atoms with Gasteiger partial charge in [-0.2, -0.15) is 0 Å². The summed E-state index contributed by atoms with van der Waals surface area (Å²) < 4.78 is 7.08. The van der Waals surface area contributed by atoms with E-state index in [0.29, 0.717) is 13.0 Å². The molecule has 0 aliphatic carbocycles. The third-order valence-electron chi connectivity index (χ3n) is 4.63. The first-order chi connectivity index (χ1) is 13.8. The average Bonchev–Trinajstić information content (AvgIpc) is 2.69. The number of anilines is 1. The van der Waals surface area contributed by atoms with Crippen LogP contribution in [0.5, 0.6) is 5.75 Å². The van der Waals surface area contributed by atoms with Crippen molar-refractivity contribution < 1.29 is 9.53 Å². The maximum absolute atomic E-state index is 12.7. The lowest BCUT2D eigenvalue weighted by molar-refractivity contribution is -0.115. The van der Waals surface area contributed by atoms with Crippen molar-refractivity contribution in [1.82, 2.24) is 0 Å². The summed E-state index contributed by atoms with van der Waals surface area (Å²) >= 11 is 2.27.